The molecule has 1 fully saturated rings. The van der Waals surface area contributed by atoms with Crippen molar-refractivity contribution >= 4 is 5.91 Å². The fourth-order valence-corrected chi connectivity index (χ4v) is 1.92. The molecule has 1 atom stereocenters. The van der Waals surface area contributed by atoms with Crippen molar-refractivity contribution in [1.82, 2.24) is 10.2 Å². The fraction of sp³-hybridized carbons (Fsp3) is 0.917. The van der Waals surface area contributed by atoms with Crippen LogP contribution in [0.5, 0.6) is 0 Å². The molecule has 0 bridgehead atoms. The van der Waals surface area contributed by atoms with Crippen molar-refractivity contribution in [3.05, 3.63) is 0 Å². The van der Waals surface area contributed by atoms with Gasteiger partial charge in [0, 0.05) is 25.7 Å². The molecule has 1 heterocycles. The van der Waals surface area contributed by atoms with Crippen LogP contribution in [0.4, 0.5) is 0 Å². The molecule has 0 aromatic carbocycles. The molecule has 94 valence electrons. The van der Waals surface area contributed by atoms with Crippen LogP contribution >= 0.6 is 0 Å². The highest BCUT2D eigenvalue weighted by Crippen LogP contribution is 2.11. The minimum atomic E-state index is -0.0220. The molecule has 1 rings (SSSR count). The molecular weight excluding hydrogens is 202 g/mol. The lowest BCUT2D eigenvalue weighted by Crippen LogP contribution is -2.50. The highest BCUT2D eigenvalue weighted by Gasteiger charge is 2.24. The summed E-state index contributed by atoms with van der Waals surface area (Å²) < 4.78 is 0. The summed E-state index contributed by atoms with van der Waals surface area (Å²) in [7, 11) is 0. The first-order valence-electron chi connectivity index (χ1n) is 6.28. The SMILES string of the molecule is CC(C)CNC(=O)C(C)N1CCC(N)CC1. The van der Waals surface area contributed by atoms with Crippen LogP contribution in [0.25, 0.3) is 0 Å². The van der Waals surface area contributed by atoms with Crippen LogP contribution < -0.4 is 11.1 Å². The maximum atomic E-state index is 11.8. The zero-order valence-corrected chi connectivity index (χ0v) is 10.7. The zero-order chi connectivity index (χ0) is 12.1. The highest BCUT2D eigenvalue weighted by molar-refractivity contribution is 5.81. The lowest BCUT2D eigenvalue weighted by Gasteiger charge is -2.34. The Balaban J connectivity index is 2.32. The lowest BCUT2D eigenvalue weighted by atomic mass is 10.0. The van der Waals surface area contributed by atoms with Crippen molar-refractivity contribution < 1.29 is 4.79 Å². The molecular formula is C12H25N3O. The van der Waals surface area contributed by atoms with E-state index in [2.05, 4.69) is 24.1 Å². The maximum absolute atomic E-state index is 11.8. The number of amides is 1. The van der Waals surface area contributed by atoms with Crippen molar-refractivity contribution in [1.29, 1.82) is 0 Å². The molecule has 4 heteroatoms. The second-order valence-corrected chi connectivity index (χ2v) is 5.19. The van der Waals surface area contributed by atoms with Gasteiger partial charge in [0.2, 0.25) is 5.91 Å². The third-order valence-electron chi connectivity index (χ3n) is 3.19. The Bertz CT molecular complexity index is 222. The van der Waals surface area contributed by atoms with Gasteiger partial charge < -0.3 is 11.1 Å². The van der Waals surface area contributed by atoms with E-state index < -0.39 is 0 Å². The molecule has 0 saturated carbocycles. The number of carbonyl (C=O) groups excluding carboxylic acids is 1. The largest absolute Gasteiger partial charge is 0.354 e. The van der Waals surface area contributed by atoms with E-state index >= 15 is 0 Å². The van der Waals surface area contributed by atoms with Gasteiger partial charge in [0.05, 0.1) is 6.04 Å². The summed E-state index contributed by atoms with van der Waals surface area (Å²) in [4.78, 5) is 14.1. The third-order valence-corrected chi connectivity index (χ3v) is 3.19. The molecule has 3 N–H and O–H groups in total. The molecule has 0 aliphatic carbocycles. The minimum Gasteiger partial charge on any atom is -0.354 e. The molecule has 0 aromatic heterocycles. The fourth-order valence-electron chi connectivity index (χ4n) is 1.92. The number of hydrogen-bond acceptors (Lipinski definition) is 3. The normalized spacial score (nSPS) is 21.1. The van der Waals surface area contributed by atoms with Gasteiger partial charge in [-0.1, -0.05) is 13.8 Å². The van der Waals surface area contributed by atoms with E-state index in [1.54, 1.807) is 0 Å². The van der Waals surface area contributed by atoms with E-state index in [1.165, 1.54) is 0 Å². The minimum absolute atomic E-state index is 0.0220. The zero-order valence-electron chi connectivity index (χ0n) is 10.7. The number of nitrogens with two attached hydrogens (primary N) is 1. The van der Waals surface area contributed by atoms with Gasteiger partial charge >= 0.3 is 0 Å². The van der Waals surface area contributed by atoms with Gasteiger partial charge in [-0.3, -0.25) is 9.69 Å². The monoisotopic (exact) mass is 227 g/mol. The Morgan fingerprint density at radius 1 is 1.38 bits per heavy atom. The predicted octanol–water partition coefficient (Wildman–Crippen LogP) is 0.570. The Morgan fingerprint density at radius 3 is 2.44 bits per heavy atom. The van der Waals surface area contributed by atoms with Crippen LogP contribution in [0.3, 0.4) is 0 Å². The van der Waals surface area contributed by atoms with E-state index in [0.29, 0.717) is 12.0 Å². The van der Waals surface area contributed by atoms with E-state index in [-0.39, 0.29) is 11.9 Å². The summed E-state index contributed by atoms with van der Waals surface area (Å²) >= 11 is 0. The second-order valence-electron chi connectivity index (χ2n) is 5.19. The Morgan fingerprint density at radius 2 is 1.94 bits per heavy atom. The molecule has 1 aliphatic rings. The lowest BCUT2D eigenvalue weighted by molar-refractivity contribution is -0.126. The molecule has 0 aromatic rings. The topological polar surface area (TPSA) is 58.4 Å². The van der Waals surface area contributed by atoms with Gasteiger partial charge in [-0.2, -0.15) is 0 Å². The number of likely N-dealkylation sites (tertiary alicyclic amines) is 1. The highest BCUT2D eigenvalue weighted by atomic mass is 16.2. The first kappa shape index (κ1) is 13.5. The summed E-state index contributed by atoms with van der Waals surface area (Å²) in [5.74, 6) is 0.648. The number of hydrogen-bond donors (Lipinski definition) is 2. The standard InChI is InChI=1S/C12H25N3O/c1-9(2)8-14-12(16)10(3)15-6-4-11(13)5-7-15/h9-11H,4-8,13H2,1-3H3,(H,14,16). The number of rotatable bonds is 4. The molecule has 1 amide bonds. The van der Waals surface area contributed by atoms with Crippen LogP contribution in [0.15, 0.2) is 0 Å². The van der Waals surface area contributed by atoms with Crippen LogP contribution in [-0.2, 0) is 4.79 Å². The van der Waals surface area contributed by atoms with E-state index in [1.807, 2.05) is 6.92 Å². The molecule has 0 radical (unpaired) electrons. The summed E-state index contributed by atoms with van der Waals surface area (Å²) in [6, 6.07) is 0.299. The Hall–Kier alpha value is -0.610. The van der Waals surface area contributed by atoms with Gasteiger partial charge in [-0.15, -0.1) is 0 Å². The van der Waals surface area contributed by atoms with Crippen molar-refractivity contribution in [2.24, 2.45) is 11.7 Å². The molecule has 4 nitrogen and oxygen atoms in total. The van der Waals surface area contributed by atoms with Crippen LogP contribution in [0.2, 0.25) is 0 Å². The van der Waals surface area contributed by atoms with Crippen LogP contribution in [0, 0.1) is 5.92 Å². The van der Waals surface area contributed by atoms with Crippen molar-refractivity contribution in [3.8, 4) is 0 Å². The summed E-state index contributed by atoms with van der Waals surface area (Å²) in [5, 5.41) is 2.98. The van der Waals surface area contributed by atoms with Gasteiger partial charge in [-0.05, 0) is 25.7 Å². The van der Waals surface area contributed by atoms with Crippen LogP contribution in [0.1, 0.15) is 33.6 Å². The van der Waals surface area contributed by atoms with Gasteiger partial charge in [-0.25, -0.2) is 0 Å². The first-order chi connectivity index (χ1) is 7.50. The Labute approximate surface area is 98.6 Å². The summed E-state index contributed by atoms with van der Waals surface area (Å²) in [6.07, 6.45) is 2.00. The summed E-state index contributed by atoms with van der Waals surface area (Å²) in [6.45, 7) is 8.83. The van der Waals surface area contributed by atoms with Gasteiger partial charge in [0.15, 0.2) is 0 Å². The van der Waals surface area contributed by atoms with E-state index in [4.69, 9.17) is 5.73 Å². The molecule has 1 aliphatic heterocycles. The average Bonchev–Trinajstić information content (AvgIpc) is 2.26. The second kappa shape index (κ2) is 6.21. The maximum Gasteiger partial charge on any atom is 0.237 e. The molecule has 1 saturated heterocycles. The van der Waals surface area contributed by atoms with Crippen molar-refractivity contribution in [2.45, 2.75) is 45.7 Å². The Kier molecular flexibility index (Phi) is 5.22. The van der Waals surface area contributed by atoms with Crippen molar-refractivity contribution in [2.75, 3.05) is 19.6 Å². The van der Waals surface area contributed by atoms with Crippen molar-refractivity contribution in [3.63, 3.8) is 0 Å². The third kappa shape index (κ3) is 4.10. The van der Waals surface area contributed by atoms with Crippen LogP contribution in [-0.4, -0.2) is 42.5 Å². The quantitative estimate of drug-likeness (QED) is 0.738. The number of nitrogens with zero attached hydrogens (tertiary/aromatic N) is 1. The van der Waals surface area contributed by atoms with Gasteiger partial charge in [0.25, 0.3) is 0 Å². The smallest absolute Gasteiger partial charge is 0.237 e. The molecule has 16 heavy (non-hydrogen) atoms. The summed E-state index contributed by atoms with van der Waals surface area (Å²) in [5.41, 5.74) is 5.84. The molecule has 0 spiro atoms. The molecule has 1 unspecified atom stereocenters. The number of nitrogens with one attached hydrogen (secondary N) is 1. The van der Waals surface area contributed by atoms with E-state index in [9.17, 15) is 4.79 Å². The average molecular weight is 227 g/mol. The first-order valence-corrected chi connectivity index (χ1v) is 6.28. The number of piperidine rings is 1. The predicted molar refractivity (Wildman–Crippen MR) is 66.1 cm³/mol. The van der Waals surface area contributed by atoms with Gasteiger partial charge in [0.1, 0.15) is 0 Å². The number of carbonyl (C=O) groups is 1. The van der Waals surface area contributed by atoms with E-state index in [0.717, 1.165) is 32.5 Å².